The Labute approximate surface area is 36.6 Å². The largest absolute Gasteiger partial charge is 0.323 e. The van der Waals surface area contributed by atoms with Gasteiger partial charge in [0.05, 0.1) is 0 Å². The summed E-state index contributed by atoms with van der Waals surface area (Å²) in [6.45, 7) is 6.29. The normalized spacial score (nSPS) is 12.0. The van der Waals surface area contributed by atoms with Gasteiger partial charge in [-0.1, -0.05) is 4.85 Å². The van der Waals surface area contributed by atoms with Crippen LogP contribution in [0.4, 0.5) is 0 Å². The molecule has 32 valence electrons. The number of carbonyl (C=O) groups excluding carboxylic acids is 1. The minimum absolute atomic E-state index is 0.343. The summed E-state index contributed by atoms with van der Waals surface area (Å²) in [5.41, 5.74) is 0. The lowest BCUT2D eigenvalue weighted by molar-refractivity contribution is -0.107. The number of carbonyl (C=O) groups is 1. The fraction of sp³-hybridized carbons (Fsp3) is 0.500. The number of aldehydes is 1. The second-order valence-corrected chi connectivity index (χ2v) is 1.03. The van der Waals surface area contributed by atoms with Gasteiger partial charge in [-0.2, -0.15) is 0 Å². The molecule has 0 aliphatic rings. The molecule has 2 nitrogen and oxygen atoms in total. The number of hydrogen-bond acceptors (Lipinski definition) is 1. The standard InChI is InChI=1S/C4H6NO/c1-4(3-6)5-2/h2-4H,1H3/q+1. The molecular formula is C4H6NO+. The highest BCUT2D eigenvalue weighted by atomic mass is 16.1. The fourth-order valence-electron chi connectivity index (χ4n) is 0.0351. The third-order valence-corrected chi connectivity index (χ3v) is 0.432. The highest BCUT2D eigenvalue weighted by Gasteiger charge is 2.00. The lowest BCUT2D eigenvalue weighted by Gasteiger charge is -1.65. The molecule has 0 bridgehead atoms. The Balaban J connectivity index is 3.30. The van der Waals surface area contributed by atoms with E-state index < -0.39 is 0 Å². The van der Waals surface area contributed by atoms with E-state index in [0.717, 1.165) is 0 Å². The number of rotatable bonds is 1. The summed E-state index contributed by atoms with van der Waals surface area (Å²) in [7, 11) is 0. The van der Waals surface area contributed by atoms with Crippen molar-refractivity contribution in [3.8, 4) is 6.57 Å². The average Bonchev–Trinajstić information content (AvgIpc) is 1.65. The van der Waals surface area contributed by atoms with E-state index in [1.54, 1.807) is 6.92 Å². The molecule has 0 saturated carbocycles. The van der Waals surface area contributed by atoms with Crippen LogP contribution in [0.15, 0.2) is 0 Å². The van der Waals surface area contributed by atoms with Gasteiger partial charge >= 0.3 is 6.04 Å². The molecule has 0 N–H and O–H groups in total. The van der Waals surface area contributed by atoms with E-state index in [1.165, 1.54) is 0 Å². The first-order valence-electron chi connectivity index (χ1n) is 1.66. The molecule has 0 saturated heterocycles. The zero-order valence-electron chi connectivity index (χ0n) is 3.59. The predicted octanol–water partition coefficient (Wildman–Crippen LogP) is 0.536. The maximum absolute atomic E-state index is 9.56. The van der Waals surface area contributed by atoms with Crippen molar-refractivity contribution in [1.82, 2.24) is 0 Å². The molecule has 0 fully saturated rings. The molecule has 0 rings (SSSR count). The van der Waals surface area contributed by atoms with Gasteiger partial charge in [-0.05, 0) is 0 Å². The Kier molecular flexibility index (Phi) is 2.06. The highest BCUT2D eigenvalue weighted by molar-refractivity contribution is 5.59. The SMILES string of the molecule is C#[N+]C(C)C=O. The van der Waals surface area contributed by atoms with Gasteiger partial charge in [0.25, 0.3) is 6.57 Å². The van der Waals surface area contributed by atoms with Gasteiger partial charge in [0.2, 0.25) is 6.29 Å². The summed E-state index contributed by atoms with van der Waals surface area (Å²) in [6, 6.07) is -0.343. The van der Waals surface area contributed by atoms with Crippen LogP contribution in [0.1, 0.15) is 6.92 Å². The zero-order valence-corrected chi connectivity index (χ0v) is 3.59. The van der Waals surface area contributed by atoms with Crippen LogP contribution >= 0.6 is 0 Å². The first-order valence-corrected chi connectivity index (χ1v) is 1.66. The Morgan fingerprint density at radius 3 is 2.50 bits per heavy atom. The molecule has 0 spiro atoms. The van der Waals surface area contributed by atoms with Gasteiger partial charge in [0, 0.05) is 6.92 Å². The smallest absolute Gasteiger partial charge is 0.295 e. The Morgan fingerprint density at radius 1 is 2.00 bits per heavy atom. The lowest BCUT2D eigenvalue weighted by Crippen LogP contribution is -1.92. The molecule has 0 aromatic carbocycles. The van der Waals surface area contributed by atoms with E-state index in [1.807, 2.05) is 0 Å². The van der Waals surface area contributed by atoms with Crippen molar-refractivity contribution in [3.63, 3.8) is 0 Å². The van der Waals surface area contributed by atoms with E-state index >= 15 is 0 Å². The quantitative estimate of drug-likeness (QED) is 0.425. The summed E-state index contributed by atoms with van der Waals surface area (Å²) < 4.78 is 0. The van der Waals surface area contributed by atoms with Gasteiger partial charge in [-0.25, -0.2) is 0 Å². The van der Waals surface area contributed by atoms with Gasteiger partial charge in [-0.15, -0.1) is 0 Å². The number of hydrogen-bond donors (Lipinski definition) is 0. The molecule has 0 aliphatic carbocycles. The lowest BCUT2D eigenvalue weighted by atomic mass is 10.4. The first-order chi connectivity index (χ1) is 2.81. The Morgan fingerprint density at radius 2 is 2.50 bits per heavy atom. The molecule has 2 heteroatoms. The highest BCUT2D eigenvalue weighted by Crippen LogP contribution is 1.76. The molecule has 0 amide bonds. The summed E-state index contributed by atoms with van der Waals surface area (Å²) in [5.74, 6) is 0. The second-order valence-electron chi connectivity index (χ2n) is 1.03. The summed E-state index contributed by atoms with van der Waals surface area (Å²) in [4.78, 5) is 12.7. The van der Waals surface area contributed by atoms with Crippen LogP contribution < -0.4 is 0 Å². The predicted molar refractivity (Wildman–Crippen MR) is 23.8 cm³/mol. The van der Waals surface area contributed by atoms with E-state index in [2.05, 4.69) is 11.4 Å². The van der Waals surface area contributed by atoms with Crippen LogP contribution in [0.2, 0.25) is 0 Å². The maximum Gasteiger partial charge on any atom is 0.323 e. The van der Waals surface area contributed by atoms with Crippen LogP contribution in [-0.4, -0.2) is 12.3 Å². The van der Waals surface area contributed by atoms with Crippen LogP contribution in [-0.2, 0) is 4.79 Å². The molecular weight excluding hydrogens is 78.0 g/mol. The molecule has 0 radical (unpaired) electrons. The van der Waals surface area contributed by atoms with Crippen LogP contribution in [0.25, 0.3) is 4.85 Å². The van der Waals surface area contributed by atoms with Crippen LogP contribution in [0, 0.1) is 6.57 Å². The van der Waals surface area contributed by atoms with Crippen molar-refractivity contribution < 1.29 is 4.79 Å². The van der Waals surface area contributed by atoms with Crippen molar-refractivity contribution >= 4 is 6.29 Å². The van der Waals surface area contributed by atoms with Gasteiger partial charge in [0.1, 0.15) is 0 Å². The Hall–Kier alpha value is -0.840. The summed E-state index contributed by atoms with van der Waals surface area (Å²) in [5, 5.41) is 0. The first kappa shape index (κ1) is 5.16. The molecule has 0 aromatic heterocycles. The third-order valence-electron chi connectivity index (χ3n) is 0.432. The van der Waals surface area contributed by atoms with Crippen molar-refractivity contribution in [2.45, 2.75) is 13.0 Å². The van der Waals surface area contributed by atoms with Crippen molar-refractivity contribution in [3.05, 3.63) is 4.85 Å². The second kappa shape index (κ2) is 2.40. The summed E-state index contributed by atoms with van der Waals surface area (Å²) >= 11 is 0. The van der Waals surface area contributed by atoms with Crippen molar-refractivity contribution in [1.29, 1.82) is 0 Å². The molecule has 1 atom stereocenters. The van der Waals surface area contributed by atoms with E-state index in [4.69, 9.17) is 0 Å². The number of nitrogens with zero attached hydrogens (tertiary/aromatic N) is 1. The minimum Gasteiger partial charge on any atom is -0.295 e. The van der Waals surface area contributed by atoms with Crippen molar-refractivity contribution in [2.75, 3.05) is 0 Å². The van der Waals surface area contributed by atoms with Gasteiger partial charge in [-0.3, -0.25) is 4.79 Å². The molecule has 6 heavy (non-hydrogen) atoms. The third kappa shape index (κ3) is 1.48. The molecule has 1 unspecified atom stereocenters. The van der Waals surface area contributed by atoms with Crippen molar-refractivity contribution in [2.24, 2.45) is 0 Å². The monoisotopic (exact) mass is 84.0 g/mol. The van der Waals surface area contributed by atoms with Gasteiger partial charge < -0.3 is 0 Å². The van der Waals surface area contributed by atoms with E-state index in [0.29, 0.717) is 6.29 Å². The summed E-state index contributed by atoms with van der Waals surface area (Å²) in [6.07, 6.45) is 0.681. The fourth-order valence-corrected chi connectivity index (χ4v) is 0.0351. The van der Waals surface area contributed by atoms with Crippen LogP contribution in [0.5, 0.6) is 0 Å². The van der Waals surface area contributed by atoms with E-state index in [-0.39, 0.29) is 6.04 Å². The average molecular weight is 84.1 g/mol. The molecule has 0 aliphatic heterocycles. The minimum atomic E-state index is -0.343. The molecule has 0 heterocycles. The van der Waals surface area contributed by atoms with Crippen LogP contribution in [0.3, 0.4) is 0 Å². The zero-order chi connectivity index (χ0) is 4.99. The maximum atomic E-state index is 9.56. The Bertz CT molecular complexity index is 82.0. The topological polar surface area (TPSA) is 21.4 Å². The molecule has 0 aromatic rings. The van der Waals surface area contributed by atoms with Gasteiger partial charge in [0.15, 0.2) is 0 Å². The van der Waals surface area contributed by atoms with E-state index in [9.17, 15) is 4.79 Å².